The van der Waals surface area contributed by atoms with Crippen LogP contribution in [0.15, 0.2) is 61.9 Å². The predicted molar refractivity (Wildman–Crippen MR) is 148 cm³/mol. The zero-order valence-electron chi connectivity index (χ0n) is 21.2. The van der Waals surface area contributed by atoms with E-state index in [-0.39, 0.29) is 24.3 Å². The first kappa shape index (κ1) is 27.2. The molecule has 0 saturated carbocycles. The molecule has 2 heterocycles. The Hall–Kier alpha value is -3.81. The molecule has 0 amide bonds. The predicted octanol–water partition coefficient (Wildman–Crippen LogP) is 3.59. The summed E-state index contributed by atoms with van der Waals surface area (Å²) in [7, 11) is 3.06. The maximum Gasteiger partial charge on any atom is 0.338 e. The number of carbonyl (C=O) groups excluding carboxylic acids is 1. The summed E-state index contributed by atoms with van der Waals surface area (Å²) in [5.41, 5.74) is 1.88. The number of carbonyl (C=O) groups is 1. The number of rotatable bonds is 8. The third kappa shape index (κ3) is 5.26. The van der Waals surface area contributed by atoms with E-state index in [2.05, 4.69) is 26.8 Å². The number of esters is 1. The van der Waals surface area contributed by atoms with Crippen LogP contribution in [0, 0.1) is 12.3 Å². The van der Waals surface area contributed by atoms with Crippen LogP contribution in [0.4, 0.5) is 0 Å². The van der Waals surface area contributed by atoms with Crippen molar-refractivity contribution in [3.63, 3.8) is 0 Å². The minimum atomic E-state index is -0.804. The highest BCUT2D eigenvalue weighted by molar-refractivity contribution is 9.10. The van der Waals surface area contributed by atoms with Crippen molar-refractivity contribution in [2.45, 2.75) is 19.9 Å². The van der Waals surface area contributed by atoms with Crippen molar-refractivity contribution in [2.24, 2.45) is 4.99 Å². The Morgan fingerprint density at radius 1 is 1.21 bits per heavy atom. The maximum absolute atomic E-state index is 13.8. The minimum Gasteiger partial charge on any atom is -0.493 e. The number of fused-ring (bicyclic) bond motifs is 1. The van der Waals surface area contributed by atoms with Crippen molar-refractivity contribution in [1.29, 1.82) is 0 Å². The van der Waals surface area contributed by atoms with E-state index in [9.17, 15) is 9.59 Å². The summed E-state index contributed by atoms with van der Waals surface area (Å²) in [6, 6.07) is 9.92. The third-order valence-corrected chi connectivity index (χ3v) is 7.48. The second kappa shape index (κ2) is 11.7. The standard InChI is InChI=1S/C28H25BrN2O6S/c1-6-12-37-18-10-8-17(9-11-18)13-23-26(32)31-25(19-14-21(34-4)22(35-5)15-20(19)29)24(27(33)36-7-2)16(3)30-28(31)38-23/h1,8-11,13-15,25H,7,12H2,2-5H3/b23-13-/t25-/m1/s1. The van der Waals surface area contributed by atoms with Gasteiger partial charge in [0.2, 0.25) is 0 Å². The highest BCUT2D eigenvalue weighted by Gasteiger charge is 2.35. The highest BCUT2D eigenvalue weighted by atomic mass is 79.9. The summed E-state index contributed by atoms with van der Waals surface area (Å²) in [5.74, 6) is 3.48. The lowest BCUT2D eigenvalue weighted by molar-refractivity contribution is -0.139. The molecule has 196 valence electrons. The molecule has 0 bridgehead atoms. The number of hydrogen-bond acceptors (Lipinski definition) is 8. The van der Waals surface area contributed by atoms with Gasteiger partial charge in [-0.3, -0.25) is 9.36 Å². The Bertz CT molecular complexity index is 1630. The molecule has 0 fully saturated rings. The SMILES string of the molecule is C#CCOc1ccc(/C=c2\sc3n(c2=O)[C@H](c2cc(OC)c(OC)cc2Br)C(C(=O)OCC)=C(C)N=3)cc1. The second-order valence-electron chi connectivity index (χ2n) is 8.09. The van der Waals surface area contributed by atoms with Gasteiger partial charge in [0.15, 0.2) is 16.3 Å². The Morgan fingerprint density at radius 3 is 2.53 bits per heavy atom. The van der Waals surface area contributed by atoms with Crippen LogP contribution in [0.5, 0.6) is 17.2 Å². The zero-order valence-corrected chi connectivity index (χ0v) is 23.6. The Balaban J connectivity index is 1.92. The molecular formula is C28H25BrN2O6S. The molecule has 0 saturated heterocycles. The summed E-state index contributed by atoms with van der Waals surface area (Å²) in [6.07, 6.45) is 7.02. The topological polar surface area (TPSA) is 88.3 Å². The molecule has 38 heavy (non-hydrogen) atoms. The number of benzene rings is 2. The van der Waals surface area contributed by atoms with E-state index in [1.807, 2.05) is 12.1 Å². The first-order valence-corrected chi connectivity index (χ1v) is 13.2. The summed E-state index contributed by atoms with van der Waals surface area (Å²) in [6.45, 7) is 3.82. The van der Waals surface area contributed by atoms with Gasteiger partial charge in [-0.2, -0.15) is 0 Å². The van der Waals surface area contributed by atoms with E-state index < -0.39 is 12.0 Å². The summed E-state index contributed by atoms with van der Waals surface area (Å²) in [4.78, 5) is 32.1. The monoisotopic (exact) mass is 596 g/mol. The molecule has 1 atom stereocenters. The Labute approximate surface area is 232 Å². The first-order chi connectivity index (χ1) is 18.3. The minimum absolute atomic E-state index is 0.172. The van der Waals surface area contributed by atoms with Crippen LogP contribution in [-0.4, -0.2) is 38.0 Å². The van der Waals surface area contributed by atoms with E-state index in [4.69, 9.17) is 25.4 Å². The lowest BCUT2D eigenvalue weighted by Gasteiger charge is -2.26. The molecular weight excluding hydrogens is 572 g/mol. The lowest BCUT2D eigenvalue weighted by Crippen LogP contribution is -2.40. The quantitative estimate of drug-likeness (QED) is 0.292. The van der Waals surface area contributed by atoms with Crippen molar-refractivity contribution >= 4 is 39.3 Å². The Kier molecular flexibility index (Phi) is 8.39. The van der Waals surface area contributed by atoms with Gasteiger partial charge >= 0.3 is 5.97 Å². The first-order valence-electron chi connectivity index (χ1n) is 11.6. The molecule has 3 aromatic rings. The molecule has 0 aliphatic carbocycles. The zero-order chi connectivity index (χ0) is 27.4. The van der Waals surface area contributed by atoms with Crippen molar-refractivity contribution in [3.8, 4) is 29.6 Å². The molecule has 1 aliphatic rings. The molecule has 2 aromatic carbocycles. The number of ether oxygens (including phenoxy) is 4. The molecule has 0 unspecified atom stereocenters. The Morgan fingerprint density at radius 2 is 1.89 bits per heavy atom. The largest absolute Gasteiger partial charge is 0.493 e. The second-order valence-corrected chi connectivity index (χ2v) is 9.96. The van der Waals surface area contributed by atoms with Gasteiger partial charge in [0, 0.05) is 4.47 Å². The van der Waals surface area contributed by atoms with Gasteiger partial charge < -0.3 is 18.9 Å². The fourth-order valence-electron chi connectivity index (χ4n) is 4.10. The van der Waals surface area contributed by atoms with Crippen LogP contribution < -0.4 is 29.1 Å². The number of hydrogen-bond donors (Lipinski definition) is 0. The average Bonchev–Trinajstić information content (AvgIpc) is 3.21. The number of allylic oxidation sites excluding steroid dienone is 1. The van der Waals surface area contributed by atoms with Gasteiger partial charge in [-0.1, -0.05) is 45.3 Å². The van der Waals surface area contributed by atoms with Gasteiger partial charge in [0.05, 0.1) is 42.7 Å². The van der Waals surface area contributed by atoms with Crippen molar-refractivity contribution in [2.75, 3.05) is 27.4 Å². The van der Waals surface area contributed by atoms with Crippen molar-refractivity contribution in [3.05, 3.63) is 83.0 Å². The van der Waals surface area contributed by atoms with Crippen LogP contribution in [-0.2, 0) is 9.53 Å². The average molecular weight is 597 g/mol. The molecule has 1 aromatic heterocycles. The third-order valence-electron chi connectivity index (χ3n) is 5.81. The smallest absolute Gasteiger partial charge is 0.338 e. The molecule has 8 nitrogen and oxygen atoms in total. The van der Waals surface area contributed by atoms with Crippen LogP contribution in [0.3, 0.4) is 0 Å². The van der Waals surface area contributed by atoms with E-state index >= 15 is 0 Å². The molecule has 4 rings (SSSR count). The molecule has 1 aliphatic heterocycles. The van der Waals surface area contributed by atoms with Gasteiger partial charge in [-0.25, -0.2) is 9.79 Å². The highest BCUT2D eigenvalue weighted by Crippen LogP contribution is 2.40. The number of thiazole rings is 1. The van der Waals surface area contributed by atoms with E-state index in [1.165, 1.54) is 30.1 Å². The summed E-state index contributed by atoms with van der Waals surface area (Å²) in [5, 5.41) is 0. The summed E-state index contributed by atoms with van der Waals surface area (Å²) < 4.78 is 24.3. The van der Waals surface area contributed by atoms with Crippen molar-refractivity contribution < 1.29 is 23.7 Å². The number of aromatic nitrogens is 1. The molecule has 0 radical (unpaired) electrons. The maximum atomic E-state index is 13.8. The molecule has 0 spiro atoms. The van der Waals surface area contributed by atoms with E-state index in [0.717, 1.165) is 5.56 Å². The van der Waals surface area contributed by atoms with Crippen LogP contribution in [0.1, 0.15) is 31.0 Å². The number of methoxy groups -OCH3 is 2. The number of halogens is 1. The van der Waals surface area contributed by atoms with E-state index in [1.54, 1.807) is 44.2 Å². The lowest BCUT2D eigenvalue weighted by atomic mass is 9.95. The fourth-order valence-corrected chi connectivity index (χ4v) is 5.69. The van der Waals surface area contributed by atoms with Crippen molar-refractivity contribution in [1.82, 2.24) is 4.57 Å². The summed E-state index contributed by atoms with van der Waals surface area (Å²) >= 11 is 4.84. The van der Waals surface area contributed by atoms with Crippen LogP contribution in [0.25, 0.3) is 6.08 Å². The van der Waals surface area contributed by atoms with E-state index in [0.29, 0.717) is 42.3 Å². The van der Waals surface area contributed by atoms with Gasteiger partial charge in [0.25, 0.3) is 5.56 Å². The fraction of sp³-hybridized carbons (Fsp3) is 0.250. The normalized spacial score (nSPS) is 14.8. The van der Waals surface area contributed by atoms with Crippen LogP contribution in [0.2, 0.25) is 0 Å². The number of terminal acetylenes is 1. The van der Waals surface area contributed by atoms with Crippen LogP contribution >= 0.6 is 27.3 Å². The van der Waals surface area contributed by atoms with Gasteiger partial charge in [-0.05, 0) is 55.3 Å². The molecule has 0 N–H and O–H groups in total. The van der Waals surface area contributed by atoms with Gasteiger partial charge in [-0.15, -0.1) is 6.42 Å². The van der Waals surface area contributed by atoms with Gasteiger partial charge in [0.1, 0.15) is 12.4 Å². The molecule has 10 heteroatoms. The number of nitrogens with zero attached hydrogens (tertiary/aromatic N) is 2.